The van der Waals surface area contributed by atoms with E-state index in [2.05, 4.69) is 20.8 Å². The van der Waals surface area contributed by atoms with E-state index < -0.39 is 8.56 Å². The maximum atomic E-state index is 11.3. The van der Waals surface area contributed by atoms with Gasteiger partial charge in [0, 0.05) is 19.3 Å². The van der Waals surface area contributed by atoms with Crippen molar-refractivity contribution in [3.63, 3.8) is 0 Å². The van der Waals surface area contributed by atoms with Crippen molar-refractivity contribution in [1.29, 1.82) is 0 Å². The number of allylic oxidation sites excluding steroid dienone is 1. The van der Waals surface area contributed by atoms with Crippen molar-refractivity contribution in [2.75, 3.05) is 19.8 Å². The summed E-state index contributed by atoms with van der Waals surface area (Å²) in [7, 11) is -2.14. The van der Waals surface area contributed by atoms with E-state index in [0.29, 0.717) is 6.61 Å². The molecule has 0 radical (unpaired) electrons. The number of esters is 1. The Hall–Kier alpha value is -0.653. The SMILES string of the molecule is CC=CC(=O)OCCC[Si](CCC)(OCCC)OCCC. The van der Waals surface area contributed by atoms with Gasteiger partial charge in [-0.15, -0.1) is 0 Å². The standard InChI is InChI=1S/C16H32O4Si/c1-5-10-16(17)18-13-9-15-21(14-8-4,19-11-6-2)20-12-7-3/h5,10H,6-9,11-15H2,1-4H3. The molecular weight excluding hydrogens is 284 g/mol. The highest BCUT2D eigenvalue weighted by Crippen LogP contribution is 2.23. The van der Waals surface area contributed by atoms with Crippen molar-refractivity contribution < 1.29 is 18.4 Å². The molecule has 0 aromatic rings. The van der Waals surface area contributed by atoms with Crippen molar-refractivity contribution in [3.05, 3.63) is 12.2 Å². The predicted octanol–water partition coefficient (Wildman–Crippen LogP) is 4.20. The van der Waals surface area contributed by atoms with Gasteiger partial charge in [-0.3, -0.25) is 0 Å². The molecule has 5 heteroatoms. The number of hydrogen-bond acceptors (Lipinski definition) is 4. The quantitative estimate of drug-likeness (QED) is 0.221. The highest BCUT2D eigenvalue weighted by molar-refractivity contribution is 6.67. The summed E-state index contributed by atoms with van der Waals surface area (Å²) in [4.78, 5) is 11.3. The summed E-state index contributed by atoms with van der Waals surface area (Å²) in [5.74, 6) is -0.274. The van der Waals surface area contributed by atoms with Gasteiger partial charge in [-0.1, -0.05) is 33.3 Å². The first-order chi connectivity index (χ1) is 10.1. The van der Waals surface area contributed by atoms with E-state index in [9.17, 15) is 4.79 Å². The van der Waals surface area contributed by atoms with Gasteiger partial charge in [0.15, 0.2) is 0 Å². The average molecular weight is 317 g/mol. The minimum Gasteiger partial charge on any atom is -0.463 e. The Bertz CT molecular complexity index is 284. The lowest BCUT2D eigenvalue weighted by molar-refractivity contribution is -0.137. The van der Waals surface area contributed by atoms with Gasteiger partial charge in [0.1, 0.15) is 0 Å². The molecule has 0 spiro atoms. The topological polar surface area (TPSA) is 44.8 Å². The monoisotopic (exact) mass is 316 g/mol. The van der Waals surface area contributed by atoms with Gasteiger partial charge >= 0.3 is 14.5 Å². The zero-order chi connectivity index (χ0) is 16.0. The average Bonchev–Trinajstić information content (AvgIpc) is 2.48. The maximum Gasteiger partial charge on any atom is 0.338 e. The normalized spacial score (nSPS) is 12.0. The summed E-state index contributed by atoms with van der Waals surface area (Å²) in [6.07, 6.45) is 7.01. The van der Waals surface area contributed by atoms with E-state index in [-0.39, 0.29) is 5.97 Å². The van der Waals surface area contributed by atoms with Crippen LogP contribution in [0, 0.1) is 0 Å². The fourth-order valence-electron chi connectivity index (χ4n) is 2.11. The van der Waals surface area contributed by atoms with Crippen LogP contribution in [-0.4, -0.2) is 34.4 Å². The molecule has 0 unspecified atom stereocenters. The molecule has 0 fully saturated rings. The highest BCUT2D eigenvalue weighted by atomic mass is 28.4. The number of hydrogen-bond donors (Lipinski definition) is 0. The second-order valence-corrected chi connectivity index (χ2v) is 8.53. The molecule has 0 saturated carbocycles. The Kier molecular flexibility index (Phi) is 12.6. The minimum absolute atomic E-state index is 0.274. The molecule has 0 aliphatic heterocycles. The van der Waals surface area contributed by atoms with Crippen LogP contribution in [0.2, 0.25) is 12.1 Å². The number of rotatable bonds is 13. The van der Waals surface area contributed by atoms with Crippen LogP contribution >= 0.6 is 0 Å². The summed E-state index contributed by atoms with van der Waals surface area (Å²) in [6.45, 7) is 10.2. The molecule has 124 valence electrons. The van der Waals surface area contributed by atoms with E-state index in [4.69, 9.17) is 13.6 Å². The Morgan fingerprint density at radius 3 is 2.05 bits per heavy atom. The molecule has 0 rings (SSSR count). The Balaban J connectivity index is 4.37. The zero-order valence-electron chi connectivity index (χ0n) is 14.2. The summed E-state index contributed by atoms with van der Waals surface area (Å²) >= 11 is 0. The summed E-state index contributed by atoms with van der Waals surface area (Å²) in [5.41, 5.74) is 0. The van der Waals surface area contributed by atoms with Crippen LogP contribution < -0.4 is 0 Å². The molecule has 4 nitrogen and oxygen atoms in total. The van der Waals surface area contributed by atoms with Crippen LogP contribution in [0.5, 0.6) is 0 Å². The Morgan fingerprint density at radius 2 is 1.57 bits per heavy atom. The van der Waals surface area contributed by atoms with Gasteiger partial charge in [0.2, 0.25) is 0 Å². The van der Waals surface area contributed by atoms with E-state index in [1.165, 1.54) is 6.08 Å². The van der Waals surface area contributed by atoms with E-state index in [1.54, 1.807) is 13.0 Å². The van der Waals surface area contributed by atoms with Crippen molar-refractivity contribution >= 4 is 14.5 Å². The summed E-state index contributed by atoms with van der Waals surface area (Å²) in [6, 6.07) is 1.90. The van der Waals surface area contributed by atoms with Gasteiger partial charge < -0.3 is 13.6 Å². The van der Waals surface area contributed by atoms with E-state index >= 15 is 0 Å². The molecule has 0 aliphatic rings. The fourth-order valence-corrected chi connectivity index (χ4v) is 5.62. The van der Waals surface area contributed by atoms with Crippen LogP contribution in [0.4, 0.5) is 0 Å². The molecule has 0 atom stereocenters. The first-order valence-electron chi connectivity index (χ1n) is 8.21. The van der Waals surface area contributed by atoms with Crippen LogP contribution in [-0.2, 0) is 18.4 Å². The first kappa shape index (κ1) is 20.3. The lowest BCUT2D eigenvalue weighted by Gasteiger charge is -2.30. The lowest BCUT2D eigenvalue weighted by Crippen LogP contribution is -2.42. The molecule has 0 heterocycles. The second kappa shape index (κ2) is 13.0. The van der Waals surface area contributed by atoms with Crippen LogP contribution in [0.25, 0.3) is 0 Å². The summed E-state index contributed by atoms with van der Waals surface area (Å²) < 4.78 is 17.4. The van der Waals surface area contributed by atoms with Crippen LogP contribution in [0.1, 0.15) is 53.4 Å². The van der Waals surface area contributed by atoms with Crippen molar-refractivity contribution in [2.24, 2.45) is 0 Å². The number of carbonyl (C=O) groups excluding carboxylic acids is 1. The fraction of sp³-hybridized carbons (Fsp3) is 0.812. The van der Waals surface area contributed by atoms with E-state index in [1.807, 2.05) is 0 Å². The zero-order valence-corrected chi connectivity index (χ0v) is 15.2. The summed E-state index contributed by atoms with van der Waals surface area (Å²) in [5, 5.41) is 0. The van der Waals surface area contributed by atoms with Gasteiger partial charge in [-0.2, -0.15) is 0 Å². The second-order valence-electron chi connectivity index (χ2n) is 5.13. The van der Waals surface area contributed by atoms with Gasteiger partial charge in [0.05, 0.1) is 6.61 Å². The molecule has 0 aliphatic carbocycles. The molecule has 0 saturated heterocycles. The third-order valence-corrected chi connectivity index (χ3v) is 6.86. The van der Waals surface area contributed by atoms with Gasteiger partial charge in [-0.25, -0.2) is 4.79 Å². The largest absolute Gasteiger partial charge is 0.463 e. The van der Waals surface area contributed by atoms with Gasteiger partial charge in [-0.05, 0) is 38.3 Å². The van der Waals surface area contributed by atoms with Gasteiger partial charge in [0.25, 0.3) is 0 Å². The molecule has 0 bridgehead atoms. The number of carbonyl (C=O) groups is 1. The molecule has 0 amide bonds. The molecule has 0 aromatic heterocycles. The van der Waals surface area contributed by atoms with Crippen molar-refractivity contribution in [1.82, 2.24) is 0 Å². The smallest absolute Gasteiger partial charge is 0.338 e. The predicted molar refractivity (Wildman–Crippen MR) is 88.5 cm³/mol. The molecular formula is C16H32O4Si. The van der Waals surface area contributed by atoms with Crippen LogP contribution in [0.15, 0.2) is 12.2 Å². The van der Waals surface area contributed by atoms with E-state index in [0.717, 1.165) is 51.0 Å². The van der Waals surface area contributed by atoms with Crippen molar-refractivity contribution in [3.8, 4) is 0 Å². The highest BCUT2D eigenvalue weighted by Gasteiger charge is 2.35. The van der Waals surface area contributed by atoms with Crippen LogP contribution in [0.3, 0.4) is 0 Å². The maximum absolute atomic E-state index is 11.3. The Labute approximate surface area is 131 Å². The van der Waals surface area contributed by atoms with Crippen molar-refractivity contribution in [2.45, 2.75) is 65.5 Å². The number of ether oxygens (including phenoxy) is 1. The first-order valence-corrected chi connectivity index (χ1v) is 10.4. The molecule has 0 N–H and O–H groups in total. The third-order valence-electron chi connectivity index (χ3n) is 3.02. The molecule has 0 aromatic carbocycles. The third kappa shape index (κ3) is 9.82. The molecule has 21 heavy (non-hydrogen) atoms. The Morgan fingerprint density at radius 1 is 0.952 bits per heavy atom. The lowest BCUT2D eigenvalue weighted by atomic mass is 10.5. The minimum atomic E-state index is -2.14.